The molecule has 0 atom stereocenters. The van der Waals surface area contributed by atoms with E-state index in [1.807, 2.05) is 10.8 Å². The molecule has 1 aromatic heterocycles. The summed E-state index contributed by atoms with van der Waals surface area (Å²) >= 11 is 1.50. The SMILES string of the molecule is C/C(N)=C/C(=O)c1ccsc1. The summed E-state index contributed by atoms with van der Waals surface area (Å²) in [5.74, 6) is -0.0220. The quantitative estimate of drug-likeness (QED) is 0.539. The number of allylic oxidation sites excluding steroid dienone is 2. The third kappa shape index (κ3) is 2.20. The highest BCUT2D eigenvalue weighted by Gasteiger charge is 2.00. The second-order valence-electron chi connectivity index (χ2n) is 2.26. The molecule has 0 bridgehead atoms. The first-order chi connectivity index (χ1) is 5.20. The fourth-order valence-corrected chi connectivity index (χ4v) is 1.34. The molecule has 0 aromatic carbocycles. The number of hydrogen-bond donors (Lipinski definition) is 1. The van der Waals surface area contributed by atoms with E-state index < -0.39 is 0 Å². The largest absolute Gasteiger partial charge is 0.402 e. The second-order valence-corrected chi connectivity index (χ2v) is 3.04. The lowest BCUT2D eigenvalue weighted by Crippen LogP contribution is -1.98. The van der Waals surface area contributed by atoms with E-state index in [9.17, 15) is 4.79 Å². The van der Waals surface area contributed by atoms with Crippen molar-refractivity contribution in [2.24, 2.45) is 5.73 Å². The highest BCUT2D eigenvalue weighted by Crippen LogP contribution is 2.07. The van der Waals surface area contributed by atoms with Crippen molar-refractivity contribution >= 4 is 17.1 Å². The van der Waals surface area contributed by atoms with Gasteiger partial charge >= 0.3 is 0 Å². The fraction of sp³-hybridized carbons (Fsp3) is 0.125. The van der Waals surface area contributed by atoms with Gasteiger partial charge in [-0.1, -0.05) is 0 Å². The first-order valence-corrected chi connectivity index (χ1v) is 4.15. The van der Waals surface area contributed by atoms with Crippen LogP contribution in [0, 0.1) is 0 Å². The number of carbonyl (C=O) groups is 1. The van der Waals surface area contributed by atoms with Crippen molar-refractivity contribution in [3.8, 4) is 0 Å². The van der Waals surface area contributed by atoms with E-state index in [2.05, 4.69) is 0 Å². The number of rotatable bonds is 2. The van der Waals surface area contributed by atoms with Crippen LogP contribution in [-0.4, -0.2) is 5.78 Å². The van der Waals surface area contributed by atoms with Gasteiger partial charge in [-0.05, 0) is 18.4 Å². The highest BCUT2D eigenvalue weighted by atomic mass is 32.1. The number of hydrogen-bond acceptors (Lipinski definition) is 3. The van der Waals surface area contributed by atoms with Crippen LogP contribution in [0.1, 0.15) is 17.3 Å². The van der Waals surface area contributed by atoms with Crippen LogP contribution in [0.15, 0.2) is 28.6 Å². The molecule has 0 saturated carbocycles. The molecular formula is C8H9NOS. The van der Waals surface area contributed by atoms with Crippen LogP contribution in [0.25, 0.3) is 0 Å². The van der Waals surface area contributed by atoms with Crippen LogP contribution in [-0.2, 0) is 0 Å². The lowest BCUT2D eigenvalue weighted by atomic mass is 10.2. The van der Waals surface area contributed by atoms with Crippen LogP contribution >= 0.6 is 11.3 Å². The molecule has 0 spiro atoms. The van der Waals surface area contributed by atoms with Gasteiger partial charge in [-0.15, -0.1) is 0 Å². The van der Waals surface area contributed by atoms with Gasteiger partial charge in [-0.3, -0.25) is 4.79 Å². The fourth-order valence-electron chi connectivity index (χ4n) is 0.695. The summed E-state index contributed by atoms with van der Waals surface area (Å²) in [5.41, 5.74) is 6.59. The Balaban J connectivity index is 2.80. The van der Waals surface area contributed by atoms with Crippen LogP contribution in [0.5, 0.6) is 0 Å². The maximum absolute atomic E-state index is 11.2. The van der Waals surface area contributed by atoms with E-state index in [1.165, 1.54) is 17.4 Å². The molecule has 2 nitrogen and oxygen atoms in total. The second kappa shape index (κ2) is 3.34. The van der Waals surface area contributed by atoms with Crippen molar-refractivity contribution in [1.82, 2.24) is 0 Å². The Kier molecular flexibility index (Phi) is 2.44. The molecule has 11 heavy (non-hydrogen) atoms. The van der Waals surface area contributed by atoms with E-state index in [4.69, 9.17) is 5.73 Å². The first kappa shape index (κ1) is 8.01. The summed E-state index contributed by atoms with van der Waals surface area (Å²) < 4.78 is 0. The Hall–Kier alpha value is -1.09. The molecule has 58 valence electrons. The molecule has 0 unspecified atom stereocenters. The minimum atomic E-state index is -0.0220. The summed E-state index contributed by atoms with van der Waals surface area (Å²) in [6.45, 7) is 1.70. The predicted octanol–water partition coefficient (Wildman–Crippen LogP) is 1.79. The highest BCUT2D eigenvalue weighted by molar-refractivity contribution is 7.08. The zero-order chi connectivity index (χ0) is 8.27. The van der Waals surface area contributed by atoms with Crippen molar-refractivity contribution < 1.29 is 4.79 Å². The van der Waals surface area contributed by atoms with Gasteiger partial charge in [0.25, 0.3) is 0 Å². The van der Waals surface area contributed by atoms with Crippen molar-refractivity contribution in [2.75, 3.05) is 0 Å². The molecule has 3 heteroatoms. The molecule has 1 aromatic rings. The van der Waals surface area contributed by atoms with Crippen molar-refractivity contribution in [2.45, 2.75) is 6.92 Å². The van der Waals surface area contributed by atoms with Gasteiger partial charge in [0, 0.05) is 22.7 Å². The third-order valence-electron chi connectivity index (χ3n) is 1.16. The van der Waals surface area contributed by atoms with Crippen LogP contribution in [0.3, 0.4) is 0 Å². The van der Waals surface area contributed by atoms with Crippen LogP contribution in [0.4, 0.5) is 0 Å². The molecule has 0 aliphatic rings. The van der Waals surface area contributed by atoms with E-state index in [-0.39, 0.29) is 5.78 Å². The molecule has 0 fully saturated rings. The lowest BCUT2D eigenvalue weighted by molar-refractivity contribution is 0.104. The summed E-state index contributed by atoms with van der Waals surface area (Å²) in [4.78, 5) is 11.2. The maximum Gasteiger partial charge on any atom is 0.188 e. The van der Waals surface area contributed by atoms with E-state index in [1.54, 1.807) is 13.0 Å². The Morgan fingerprint density at radius 3 is 2.91 bits per heavy atom. The van der Waals surface area contributed by atoms with Gasteiger partial charge in [0.2, 0.25) is 0 Å². The van der Waals surface area contributed by atoms with Gasteiger partial charge in [0.15, 0.2) is 5.78 Å². The van der Waals surface area contributed by atoms with E-state index >= 15 is 0 Å². The molecule has 1 rings (SSSR count). The number of nitrogens with two attached hydrogens (primary N) is 1. The summed E-state index contributed by atoms with van der Waals surface area (Å²) in [6.07, 6.45) is 1.43. The standard InChI is InChI=1S/C8H9NOS/c1-6(9)4-8(10)7-2-3-11-5-7/h2-5H,9H2,1H3/b6-4-. The average molecular weight is 167 g/mol. The Morgan fingerprint density at radius 1 is 1.73 bits per heavy atom. The number of ketones is 1. The monoisotopic (exact) mass is 167 g/mol. The molecule has 0 saturated heterocycles. The molecule has 0 radical (unpaired) electrons. The van der Waals surface area contributed by atoms with Crippen LogP contribution < -0.4 is 5.73 Å². The van der Waals surface area contributed by atoms with E-state index in [0.29, 0.717) is 11.3 Å². The zero-order valence-electron chi connectivity index (χ0n) is 6.20. The minimum Gasteiger partial charge on any atom is -0.402 e. The number of thiophene rings is 1. The third-order valence-corrected chi connectivity index (χ3v) is 1.85. The molecule has 0 amide bonds. The van der Waals surface area contributed by atoms with Gasteiger partial charge in [0.1, 0.15) is 0 Å². The normalized spacial score (nSPS) is 11.5. The predicted molar refractivity (Wildman–Crippen MR) is 46.6 cm³/mol. The molecule has 0 aliphatic carbocycles. The Labute approximate surface area is 69.3 Å². The van der Waals surface area contributed by atoms with Crippen molar-refractivity contribution in [1.29, 1.82) is 0 Å². The van der Waals surface area contributed by atoms with Gasteiger partial charge in [-0.2, -0.15) is 11.3 Å². The minimum absolute atomic E-state index is 0.0220. The molecule has 0 aliphatic heterocycles. The first-order valence-electron chi connectivity index (χ1n) is 3.20. The smallest absolute Gasteiger partial charge is 0.188 e. The van der Waals surface area contributed by atoms with Gasteiger partial charge in [0.05, 0.1) is 0 Å². The van der Waals surface area contributed by atoms with Gasteiger partial charge < -0.3 is 5.73 Å². The molecular weight excluding hydrogens is 158 g/mol. The Morgan fingerprint density at radius 2 is 2.45 bits per heavy atom. The summed E-state index contributed by atoms with van der Waals surface area (Å²) in [5, 5.41) is 3.68. The average Bonchev–Trinajstić information content (AvgIpc) is 2.35. The van der Waals surface area contributed by atoms with Crippen molar-refractivity contribution in [3.63, 3.8) is 0 Å². The van der Waals surface area contributed by atoms with Crippen molar-refractivity contribution in [3.05, 3.63) is 34.2 Å². The lowest BCUT2D eigenvalue weighted by Gasteiger charge is -1.89. The maximum atomic E-state index is 11.2. The zero-order valence-corrected chi connectivity index (χ0v) is 7.02. The number of carbonyl (C=O) groups excluding carboxylic acids is 1. The molecule has 2 N–H and O–H groups in total. The summed E-state index contributed by atoms with van der Waals surface area (Å²) in [6, 6.07) is 1.78. The van der Waals surface area contributed by atoms with Gasteiger partial charge in [-0.25, -0.2) is 0 Å². The van der Waals surface area contributed by atoms with E-state index in [0.717, 1.165) is 0 Å². The van der Waals surface area contributed by atoms with Crippen LogP contribution in [0.2, 0.25) is 0 Å². The Bertz CT molecular complexity index is 270. The molecule has 1 heterocycles. The summed E-state index contributed by atoms with van der Waals surface area (Å²) in [7, 11) is 0. The topological polar surface area (TPSA) is 43.1 Å².